The smallest absolute Gasteiger partial charge is 0.0892 e. The fourth-order valence-electron chi connectivity index (χ4n) is 4.30. The number of rotatable bonds is 5. The molecule has 2 aromatic carbocycles. The average molecular weight is 463 g/mol. The van der Waals surface area contributed by atoms with Gasteiger partial charge >= 0.3 is 0 Å². The standard InChI is InChI=1S/C32H22N4/c1-5-25(6-2-23(1)27-9-15-33-16-10-27)29-13-19-35-31(21-29)32-22-30(14-20-36-32)26-7-3-24(4-8-26)28-11-17-34-18-12-28/h1-22H. The summed E-state index contributed by atoms with van der Waals surface area (Å²) in [4.78, 5) is 17.4. The van der Waals surface area contributed by atoms with Gasteiger partial charge in [0.15, 0.2) is 0 Å². The van der Waals surface area contributed by atoms with E-state index in [-0.39, 0.29) is 0 Å². The second-order valence-electron chi connectivity index (χ2n) is 8.49. The van der Waals surface area contributed by atoms with E-state index in [0.29, 0.717) is 0 Å². The minimum absolute atomic E-state index is 0.848. The molecular weight excluding hydrogens is 440 g/mol. The Morgan fingerprint density at radius 1 is 0.278 bits per heavy atom. The summed E-state index contributed by atoms with van der Waals surface area (Å²) < 4.78 is 0. The second kappa shape index (κ2) is 9.72. The predicted octanol–water partition coefficient (Wildman–Crippen LogP) is 7.60. The highest BCUT2D eigenvalue weighted by Crippen LogP contribution is 2.29. The van der Waals surface area contributed by atoms with Gasteiger partial charge in [0.2, 0.25) is 0 Å². The van der Waals surface area contributed by atoms with Gasteiger partial charge in [0.25, 0.3) is 0 Å². The summed E-state index contributed by atoms with van der Waals surface area (Å²) in [6.07, 6.45) is 11.0. The molecule has 4 heterocycles. The first kappa shape index (κ1) is 21.6. The van der Waals surface area contributed by atoms with Gasteiger partial charge in [-0.3, -0.25) is 19.9 Å². The van der Waals surface area contributed by atoms with Crippen molar-refractivity contribution >= 4 is 0 Å². The van der Waals surface area contributed by atoms with Crippen LogP contribution in [-0.4, -0.2) is 19.9 Å². The van der Waals surface area contributed by atoms with E-state index in [1.54, 1.807) is 0 Å². The Balaban J connectivity index is 1.27. The molecule has 4 nitrogen and oxygen atoms in total. The lowest BCUT2D eigenvalue weighted by Crippen LogP contribution is -1.90. The molecule has 4 aromatic heterocycles. The number of benzene rings is 2. The van der Waals surface area contributed by atoms with Gasteiger partial charge in [-0.2, -0.15) is 0 Å². The van der Waals surface area contributed by atoms with Crippen molar-refractivity contribution < 1.29 is 0 Å². The summed E-state index contributed by atoms with van der Waals surface area (Å²) in [6, 6.07) is 33.5. The van der Waals surface area contributed by atoms with Crippen LogP contribution >= 0.6 is 0 Å². The highest BCUT2D eigenvalue weighted by atomic mass is 14.8. The Hall–Kier alpha value is -4.96. The normalized spacial score (nSPS) is 10.8. The van der Waals surface area contributed by atoms with Crippen molar-refractivity contribution in [3.8, 4) is 55.9 Å². The highest BCUT2D eigenvalue weighted by Gasteiger charge is 2.08. The van der Waals surface area contributed by atoms with Gasteiger partial charge in [0.1, 0.15) is 0 Å². The average Bonchev–Trinajstić information content (AvgIpc) is 2.98. The number of hydrogen-bond donors (Lipinski definition) is 0. The second-order valence-corrected chi connectivity index (χ2v) is 8.49. The number of hydrogen-bond acceptors (Lipinski definition) is 4. The molecule has 0 bridgehead atoms. The molecule has 0 radical (unpaired) electrons. The van der Waals surface area contributed by atoms with E-state index in [2.05, 4.69) is 80.6 Å². The van der Waals surface area contributed by atoms with Crippen LogP contribution in [-0.2, 0) is 0 Å². The fraction of sp³-hybridized carbons (Fsp3) is 0. The van der Waals surface area contributed by atoms with E-state index in [1.165, 1.54) is 11.1 Å². The molecule has 0 aliphatic carbocycles. The summed E-state index contributed by atoms with van der Waals surface area (Å²) in [5.74, 6) is 0. The van der Waals surface area contributed by atoms with Crippen LogP contribution < -0.4 is 0 Å². The van der Waals surface area contributed by atoms with Crippen LogP contribution in [0, 0.1) is 0 Å². The molecule has 6 aromatic rings. The molecule has 36 heavy (non-hydrogen) atoms. The van der Waals surface area contributed by atoms with Gasteiger partial charge in [0.05, 0.1) is 11.4 Å². The Morgan fingerprint density at radius 2 is 0.556 bits per heavy atom. The van der Waals surface area contributed by atoms with Crippen LogP contribution in [0.15, 0.2) is 134 Å². The molecule has 170 valence electrons. The Kier molecular flexibility index (Phi) is 5.83. The van der Waals surface area contributed by atoms with Crippen molar-refractivity contribution in [3.05, 3.63) is 134 Å². The molecule has 0 aliphatic rings. The zero-order valence-corrected chi connectivity index (χ0v) is 19.5. The molecule has 0 amide bonds. The van der Waals surface area contributed by atoms with Gasteiger partial charge in [-0.25, -0.2) is 0 Å². The fourth-order valence-corrected chi connectivity index (χ4v) is 4.30. The summed E-state index contributed by atoms with van der Waals surface area (Å²) in [5.41, 5.74) is 10.8. The molecule has 4 heteroatoms. The van der Waals surface area contributed by atoms with Crippen molar-refractivity contribution in [2.75, 3.05) is 0 Å². The van der Waals surface area contributed by atoms with Gasteiger partial charge in [0, 0.05) is 37.2 Å². The van der Waals surface area contributed by atoms with E-state index in [4.69, 9.17) is 0 Å². The lowest BCUT2D eigenvalue weighted by atomic mass is 9.99. The van der Waals surface area contributed by atoms with Crippen molar-refractivity contribution in [2.24, 2.45) is 0 Å². The van der Waals surface area contributed by atoms with E-state index >= 15 is 0 Å². The maximum Gasteiger partial charge on any atom is 0.0892 e. The van der Waals surface area contributed by atoms with E-state index < -0.39 is 0 Å². The Bertz CT molecular complexity index is 1470. The summed E-state index contributed by atoms with van der Waals surface area (Å²) in [7, 11) is 0. The molecule has 0 saturated carbocycles. The molecule has 0 saturated heterocycles. The molecular formula is C32H22N4. The molecule has 0 spiro atoms. The first-order chi connectivity index (χ1) is 17.8. The molecule has 6 rings (SSSR count). The van der Waals surface area contributed by atoms with Crippen molar-refractivity contribution in [1.82, 2.24) is 19.9 Å². The Morgan fingerprint density at radius 3 is 0.917 bits per heavy atom. The van der Waals surface area contributed by atoms with Crippen LogP contribution in [0.25, 0.3) is 55.9 Å². The lowest BCUT2D eigenvalue weighted by molar-refractivity contribution is 1.25. The highest BCUT2D eigenvalue weighted by molar-refractivity contribution is 5.75. The summed E-state index contributed by atoms with van der Waals surface area (Å²) in [6.45, 7) is 0. The lowest BCUT2D eigenvalue weighted by Gasteiger charge is -2.09. The largest absolute Gasteiger partial charge is 0.265 e. The van der Waals surface area contributed by atoms with Gasteiger partial charge in [-0.05, 0) is 93.0 Å². The van der Waals surface area contributed by atoms with Crippen LogP contribution in [0.3, 0.4) is 0 Å². The van der Waals surface area contributed by atoms with Crippen molar-refractivity contribution in [3.63, 3.8) is 0 Å². The van der Waals surface area contributed by atoms with Gasteiger partial charge in [-0.15, -0.1) is 0 Å². The molecule has 0 atom stereocenters. The SMILES string of the molecule is c1cc(-c2ccc(-c3ccnc(-c4cc(-c5ccc(-c6ccncc6)cc5)ccn4)c3)cc2)ccn1. The molecule has 0 N–H and O–H groups in total. The molecule has 0 aliphatic heterocycles. The third kappa shape index (κ3) is 4.52. The Labute approximate surface area is 210 Å². The minimum atomic E-state index is 0.848. The number of pyridine rings is 4. The van der Waals surface area contributed by atoms with Gasteiger partial charge < -0.3 is 0 Å². The topological polar surface area (TPSA) is 51.6 Å². The maximum atomic E-state index is 4.61. The first-order valence-electron chi connectivity index (χ1n) is 11.8. The molecule has 0 fully saturated rings. The van der Waals surface area contributed by atoms with Crippen molar-refractivity contribution in [2.45, 2.75) is 0 Å². The summed E-state index contributed by atoms with van der Waals surface area (Å²) >= 11 is 0. The molecule has 0 unspecified atom stereocenters. The van der Waals surface area contributed by atoms with E-state index in [9.17, 15) is 0 Å². The quantitative estimate of drug-likeness (QED) is 0.265. The van der Waals surface area contributed by atoms with Crippen LogP contribution in [0.4, 0.5) is 0 Å². The van der Waals surface area contributed by atoms with Crippen molar-refractivity contribution in [1.29, 1.82) is 0 Å². The third-order valence-electron chi connectivity index (χ3n) is 6.25. The zero-order chi connectivity index (χ0) is 24.2. The summed E-state index contributed by atoms with van der Waals surface area (Å²) in [5, 5.41) is 0. The monoisotopic (exact) mass is 462 g/mol. The van der Waals surface area contributed by atoms with Crippen LogP contribution in [0.1, 0.15) is 0 Å². The predicted molar refractivity (Wildman–Crippen MR) is 145 cm³/mol. The first-order valence-corrected chi connectivity index (χ1v) is 11.8. The van der Waals surface area contributed by atoms with Gasteiger partial charge in [-0.1, -0.05) is 48.5 Å². The van der Waals surface area contributed by atoms with E-state index in [1.807, 2.05) is 73.6 Å². The van der Waals surface area contributed by atoms with E-state index in [0.717, 1.165) is 44.8 Å². The maximum absolute atomic E-state index is 4.61. The van der Waals surface area contributed by atoms with Crippen LogP contribution in [0.5, 0.6) is 0 Å². The number of nitrogens with zero attached hydrogens (tertiary/aromatic N) is 4. The number of aromatic nitrogens is 4. The zero-order valence-electron chi connectivity index (χ0n) is 19.5. The third-order valence-corrected chi connectivity index (χ3v) is 6.25. The van der Waals surface area contributed by atoms with Crippen LogP contribution in [0.2, 0.25) is 0 Å². The minimum Gasteiger partial charge on any atom is -0.265 e.